The van der Waals surface area contributed by atoms with Gasteiger partial charge in [-0.25, -0.2) is 0 Å². The first-order chi connectivity index (χ1) is 20.4. The van der Waals surface area contributed by atoms with E-state index >= 15 is 0 Å². The summed E-state index contributed by atoms with van der Waals surface area (Å²) in [4.78, 5) is 45.9. The first kappa shape index (κ1) is 39.8. The molecule has 42 heavy (non-hydrogen) atoms. The number of hydrogen-bond acceptors (Lipinski definition) is 7. The Kier molecular flexibility index (Phi) is 28.6. The maximum atomic E-state index is 11.9. The average Bonchev–Trinajstić information content (AvgIpc) is 2.96. The minimum absolute atomic E-state index is 0.0311. The Morgan fingerprint density at radius 1 is 0.619 bits per heavy atom. The van der Waals surface area contributed by atoms with Crippen molar-refractivity contribution in [3.63, 3.8) is 0 Å². The van der Waals surface area contributed by atoms with Gasteiger partial charge in [-0.05, 0) is 38.5 Å². The molecule has 0 spiro atoms. The molecule has 0 saturated carbocycles. The average molecular weight is 601 g/mol. The fraction of sp³-hybridized carbons (Fsp3) is 0.871. The zero-order valence-electron chi connectivity index (χ0n) is 26.2. The highest BCUT2D eigenvalue weighted by atomic mass is 16.5. The molecule has 0 aliphatic heterocycles. The molecule has 0 heterocycles. The molecular weight excluding hydrogens is 540 g/mol. The molecule has 0 aliphatic carbocycles. The summed E-state index contributed by atoms with van der Waals surface area (Å²) in [6.45, 7) is 4.63. The summed E-state index contributed by atoms with van der Waals surface area (Å²) in [5.74, 6) is -0.959. The number of aliphatic carboxylic acids is 1. The number of carbonyl (C=O) groups is 4. The molecule has 0 aromatic heterocycles. The number of nitrogens with one attached hydrogen (secondary N) is 3. The molecule has 1 atom stereocenters. The van der Waals surface area contributed by atoms with Crippen molar-refractivity contribution in [2.75, 3.05) is 46.1 Å². The van der Waals surface area contributed by atoms with Crippen LogP contribution in [0.4, 0.5) is 0 Å². The van der Waals surface area contributed by atoms with Crippen molar-refractivity contribution in [2.24, 2.45) is 5.73 Å². The topological polar surface area (TPSA) is 169 Å². The van der Waals surface area contributed by atoms with Crippen LogP contribution in [0.3, 0.4) is 0 Å². The second-order valence-electron chi connectivity index (χ2n) is 10.9. The van der Waals surface area contributed by atoms with Gasteiger partial charge >= 0.3 is 5.97 Å². The van der Waals surface area contributed by atoms with Crippen molar-refractivity contribution in [1.29, 1.82) is 0 Å². The minimum Gasteiger partial charge on any atom is -0.481 e. The maximum Gasteiger partial charge on any atom is 0.303 e. The van der Waals surface area contributed by atoms with Gasteiger partial charge in [0.15, 0.2) is 0 Å². The number of hydrogen-bond donors (Lipinski definition) is 5. The first-order valence-corrected chi connectivity index (χ1v) is 16.3. The smallest absolute Gasteiger partial charge is 0.303 e. The lowest BCUT2D eigenvalue weighted by Gasteiger charge is -2.11. The Morgan fingerprint density at radius 3 is 1.76 bits per heavy atom. The highest BCUT2D eigenvalue weighted by molar-refractivity contribution is 5.81. The van der Waals surface area contributed by atoms with E-state index < -0.39 is 12.0 Å². The van der Waals surface area contributed by atoms with Gasteiger partial charge in [0.2, 0.25) is 17.7 Å². The number of nitrogens with two attached hydrogens (primary N) is 1. The van der Waals surface area contributed by atoms with Crippen LogP contribution in [0.1, 0.15) is 122 Å². The zero-order chi connectivity index (χ0) is 31.1. The van der Waals surface area contributed by atoms with Crippen LogP contribution < -0.4 is 21.7 Å². The second kappa shape index (κ2) is 30.2. The van der Waals surface area contributed by atoms with E-state index in [1.54, 1.807) is 0 Å². The van der Waals surface area contributed by atoms with Gasteiger partial charge in [0, 0.05) is 32.5 Å². The molecule has 246 valence electrons. The Morgan fingerprint density at radius 2 is 1.17 bits per heavy atom. The van der Waals surface area contributed by atoms with Crippen LogP contribution in [0.25, 0.3) is 0 Å². The van der Waals surface area contributed by atoms with Crippen molar-refractivity contribution < 1.29 is 33.8 Å². The molecule has 0 aromatic carbocycles. The molecule has 0 bridgehead atoms. The lowest BCUT2D eigenvalue weighted by Crippen LogP contribution is -2.40. The largest absolute Gasteiger partial charge is 0.481 e. The third-order valence-electron chi connectivity index (χ3n) is 6.87. The fourth-order valence-electron chi connectivity index (χ4n) is 4.34. The Hall–Kier alpha value is -2.24. The van der Waals surface area contributed by atoms with Crippen LogP contribution in [0, 0.1) is 0 Å². The van der Waals surface area contributed by atoms with Gasteiger partial charge in [0.25, 0.3) is 0 Å². The van der Waals surface area contributed by atoms with E-state index in [-0.39, 0.29) is 24.3 Å². The van der Waals surface area contributed by atoms with Crippen molar-refractivity contribution in [3.8, 4) is 0 Å². The van der Waals surface area contributed by atoms with Crippen LogP contribution >= 0.6 is 0 Å². The van der Waals surface area contributed by atoms with Crippen LogP contribution in [0.15, 0.2) is 0 Å². The van der Waals surface area contributed by atoms with Crippen molar-refractivity contribution in [3.05, 3.63) is 0 Å². The van der Waals surface area contributed by atoms with Crippen molar-refractivity contribution >= 4 is 23.7 Å². The van der Waals surface area contributed by atoms with Crippen molar-refractivity contribution in [2.45, 2.75) is 129 Å². The van der Waals surface area contributed by atoms with E-state index in [9.17, 15) is 19.2 Å². The summed E-state index contributed by atoms with van der Waals surface area (Å²) in [6, 6.07) is -0.507. The van der Waals surface area contributed by atoms with E-state index in [2.05, 4.69) is 16.0 Å². The molecule has 0 aliphatic rings. The fourth-order valence-corrected chi connectivity index (χ4v) is 4.34. The summed E-state index contributed by atoms with van der Waals surface area (Å²) >= 11 is 0. The molecular formula is C31H60N4O7. The lowest BCUT2D eigenvalue weighted by atomic mass is 10.0. The zero-order valence-corrected chi connectivity index (χ0v) is 26.2. The summed E-state index contributed by atoms with van der Waals surface area (Å²) in [7, 11) is 0. The highest BCUT2D eigenvalue weighted by Gasteiger charge is 2.11. The molecule has 3 amide bonds. The van der Waals surface area contributed by atoms with E-state index in [1.807, 2.05) is 6.92 Å². The monoisotopic (exact) mass is 600 g/mol. The van der Waals surface area contributed by atoms with Crippen LogP contribution in [-0.4, -0.2) is 80.9 Å². The molecule has 0 rings (SSSR count). The number of carboxylic acids is 1. The molecule has 0 unspecified atom stereocenters. The van der Waals surface area contributed by atoms with Gasteiger partial charge in [0.05, 0.1) is 25.9 Å². The summed E-state index contributed by atoms with van der Waals surface area (Å²) in [6.07, 6.45) is 17.3. The second-order valence-corrected chi connectivity index (χ2v) is 10.9. The normalized spacial score (nSPS) is 11.7. The van der Waals surface area contributed by atoms with Gasteiger partial charge in [-0.3, -0.25) is 19.2 Å². The van der Waals surface area contributed by atoms with Crippen molar-refractivity contribution in [1.82, 2.24) is 16.0 Å². The Bertz CT molecular complexity index is 694. The van der Waals surface area contributed by atoms with E-state index in [1.165, 1.54) is 38.5 Å². The van der Waals surface area contributed by atoms with Crippen LogP contribution in [0.2, 0.25) is 0 Å². The predicted molar refractivity (Wildman–Crippen MR) is 165 cm³/mol. The molecule has 11 heteroatoms. The number of amides is 3. The van der Waals surface area contributed by atoms with Gasteiger partial charge in [-0.1, -0.05) is 71.1 Å². The highest BCUT2D eigenvalue weighted by Crippen LogP contribution is 2.13. The first-order valence-electron chi connectivity index (χ1n) is 16.3. The maximum absolute atomic E-state index is 11.9. The molecule has 11 nitrogen and oxygen atoms in total. The third-order valence-corrected chi connectivity index (χ3v) is 6.87. The number of ether oxygens (including phenoxy) is 2. The Balaban J connectivity index is 3.35. The molecule has 0 radical (unpaired) electrons. The number of carbonyl (C=O) groups excluding carboxylic acids is 3. The third kappa shape index (κ3) is 29.3. The van der Waals surface area contributed by atoms with Gasteiger partial charge in [0.1, 0.15) is 6.61 Å². The summed E-state index contributed by atoms with van der Waals surface area (Å²) in [5.41, 5.74) is 5.84. The molecule has 0 fully saturated rings. The Labute approximate surface area is 253 Å². The molecule has 0 aromatic rings. The lowest BCUT2D eigenvalue weighted by molar-refractivity contribution is -0.137. The number of rotatable bonds is 31. The van der Waals surface area contributed by atoms with Gasteiger partial charge < -0.3 is 36.3 Å². The predicted octanol–water partition coefficient (Wildman–Crippen LogP) is 3.82. The summed E-state index contributed by atoms with van der Waals surface area (Å²) in [5, 5.41) is 17.0. The standard InChI is InChI=1S/C31H60N4O7/c1-2-20-35-31(40)27(32)17-15-16-21-33-29(37)26-42-25-24-41-23-22-34-28(36)18-13-11-9-7-5-3-4-6-8-10-12-14-19-30(38)39/h27H,2-26,32H2,1H3,(H,33,37)(H,34,36)(H,35,40)(H,38,39)/t27-/m0/s1. The van der Waals surface area contributed by atoms with E-state index in [0.29, 0.717) is 58.7 Å². The number of unbranched alkanes of at least 4 members (excludes halogenated alkanes) is 12. The van der Waals surface area contributed by atoms with E-state index in [0.717, 1.165) is 57.8 Å². The minimum atomic E-state index is -0.697. The molecule has 6 N–H and O–H groups in total. The van der Waals surface area contributed by atoms with E-state index in [4.69, 9.17) is 20.3 Å². The van der Waals surface area contributed by atoms with Crippen LogP contribution in [0.5, 0.6) is 0 Å². The van der Waals surface area contributed by atoms with Crippen LogP contribution in [-0.2, 0) is 28.7 Å². The van der Waals surface area contributed by atoms with Gasteiger partial charge in [-0.2, -0.15) is 0 Å². The number of carboxylic acid groups (broad SMARTS) is 1. The quantitative estimate of drug-likeness (QED) is 0.0748. The SMILES string of the molecule is CCCNC(=O)[C@@H](N)CCCCNC(=O)COCCOCCNC(=O)CCCCCCCCCCCCCCC(=O)O. The van der Waals surface area contributed by atoms with Gasteiger partial charge in [-0.15, -0.1) is 0 Å². The molecule has 0 saturated heterocycles. The summed E-state index contributed by atoms with van der Waals surface area (Å²) < 4.78 is 10.7.